The highest BCUT2D eigenvalue weighted by Crippen LogP contribution is 2.14. The summed E-state index contributed by atoms with van der Waals surface area (Å²) in [5.41, 5.74) is 0.938. The molecule has 0 atom stereocenters. The summed E-state index contributed by atoms with van der Waals surface area (Å²) in [5, 5.41) is -0.463. The van der Waals surface area contributed by atoms with E-state index < -0.39 is 5.24 Å². The van der Waals surface area contributed by atoms with Crippen molar-refractivity contribution in [3.8, 4) is 5.75 Å². The van der Waals surface area contributed by atoms with Crippen LogP contribution < -0.4 is 4.74 Å². The van der Waals surface area contributed by atoms with Crippen LogP contribution in [0.25, 0.3) is 6.08 Å². The lowest BCUT2D eigenvalue weighted by Crippen LogP contribution is -1.97. The average molecular weight is 323 g/mol. The summed E-state index contributed by atoms with van der Waals surface area (Å²) < 4.78 is 5.71. The summed E-state index contributed by atoms with van der Waals surface area (Å²) in [5.74, 6) is 0.872. The Morgan fingerprint density at radius 3 is 2.18 bits per heavy atom. The van der Waals surface area contributed by atoms with Gasteiger partial charge in [-0.15, -0.1) is 0 Å². The van der Waals surface area contributed by atoms with E-state index >= 15 is 0 Å². The fourth-order valence-corrected chi connectivity index (χ4v) is 2.33. The van der Waals surface area contributed by atoms with Crippen molar-refractivity contribution in [3.05, 3.63) is 35.9 Å². The molecule has 0 unspecified atom stereocenters. The molecular formula is C19H27ClO2. The molecule has 2 nitrogen and oxygen atoms in total. The van der Waals surface area contributed by atoms with Crippen molar-refractivity contribution in [1.82, 2.24) is 0 Å². The maximum Gasteiger partial charge on any atom is 0.245 e. The molecule has 0 bridgehead atoms. The van der Waals surface area contributed by atoms with Crippen LogP contribution in [0.5, 0.6) is 5.75 Å². The smallest absolute Gasteiger partial charge is 0.245 e. The van der Waals surface area contributed by atoms with E-state index in [1.54, 1.807) is 6.08 Å². The number of benzene rings is 1. The normalized spacial score (nSPS) is 11.0. The largest absolute Gasteiger partial charge is 0.494 e. The molecular weight excluding hydrogens is 296 g/mol. The molecule has 1 aromatic rings. The first kappa shape index (κ1) is 18.8. The van der Waals surface area contributed by atoms with Gasteiger partial charge in [-0.25, -0.2) is 0 Å². The van der Waals surface area contributed by atoms with Crippen molar-refractivity contribution < 1.29 is 9.53 Å². The quantitative estimate of drug-likeness (QED) is 0.268. The zero-order valence-electron chi connectivity index (χ0n) is 13.5. The molecule has 0 aliphatic heterocycles. The maximum absolute atomic E-state index is 10.6. The SMILES string of the molecule is CCCCCCCCCCOc1ccc(/C=C/C(=O)Cl)cc1. The van der Waals surface area contributed by atoms with E-state index in [0.29, 0.717) is 0 Å². The van der Waals surface area contributed by atoms with Crippen LogP contribution in [0.2, 0.25) is 0 Å². The van der Waals surface area contributed by atoms with Gasteiger partial charge in [0.15, 0.2) is 0 Å². The van der Waals surface area contributed by atoms with Crippen LogP contribution >= 0.6 is 11.6 Å². The van der Waals surface area contributed by atoms with Crippen LogP contribution in [0, 0.1) is 0 Å². The predicted octanol–water partition coefficient (Wildman–Crippen LogP) is 5.98. The van der Waals surface area contributed by atoms with Gasteiger partial charge in [0.25, 0.3) is 0 Å². The number of unbranched alkanes of at least 4 members (excludes halogenated alkanes) is 7. The van der Waals surface area contributed by atoms with Crippen LogP contribution in [-0.2, 0) is 4.79 Å². The molecule has 0 radical (unpaired) electrons. The number of hydrogen-bond donors (Lipinski definition) is 0. The fourth-order valence-electron chi connectivity index (χ4n) is 2.26. The zero-order chi connectivity index (χ0) is 16.0. The van der Waals surface area contributed by atoms with Crippen molar-refractivity contribution in [2.24, 2.45) is 0 Å². The maximum atomic E-state index is 10.6. The average Bonchev–Trinajstić information content (AvgIpc) is 2.52. The Morgan fingerprint density at radius 1 is 1.00 bits per heavy atom. The van der Waals surface area contributed by atoms with E-state index in [4.69, 9.17) is 16.3 Å². The molecule has 1 aromatic carbocycles. The van der Waals surface area contributed by atoms with Gasteiger partial charge in [-0.3, -0.25) is 4.79 Å². The third-order valence-electron chi connectivity index (χ3n) is 3.55. The molecule has 0 heterocycles. The van der Waals surface area contributed by atoms with Crippen molar-refractivity contribution in [2.45, 2.75) is 58.3 Å². The van der Waals surface area contributed by atoms with E-state index in [1.807, 2.05) is 24.3 Å². The Balaban J connectivity index is 2.09. The van der Waals surface area contributed by atoms with Crippen molar-refractivity contribution >= 4 is 22.9 Å². The first-order valence-electron chi connectivity index (χ1n) is 8.33. The second-order valence-electron chi connectivity index (χ2n) is 5.53. The summed E-state index contributed by atoms with van der Waals surface area (Å²) in [7, 11) is 0. The lowest BCUT2D eigenvalue weighted by molar-refractivity contribution is -0.107. The predicted molar refractivity (Wildman–Crippen MR) is 94.4 cm³/mol. The van der Waals surface area contributed by atoms with Gasteiger partial charge in [0.1, 0.15) is 5.75 Å². The fraction of sp³-hybridized carbons (Fsp3) is 0.526. The van der Waals surface area contributed by atoms with Crippen molar-refractivity contribution in [1.29, 1.82) is 0 Å². The number of halogens is 1. The minimum absolute atomic E-state index is 0.463. The molecule has 0 fully saturated rings. The number of carbonyl (C=O) groups excluding carboxylic acids is 1. The Labute approximate surface area is 139 Å². The van der Waals surface area contributed by atoms with Gasteiger partial charge in [-0.2, -0.15) is 0 Å². The lowest BCUT2D eigenvalue weighted by Gasteiger charge is -2.06. The molecule has 0 aliphatic rings. The van der Waals surface area contributed by atoms with Gasteiger partial charge in [0.2, 0.25) is 5.24 Å². The minimum Gasteiger partial charge on any atom is -0.494 e. The summed E-state index contributed by atoms with van der Waals surface area (Å²) >= 11 is 5.25. The van der Waals surface area contributed by atoms with Crippen LogP contribution in [0.1, 0.15) is 63.9 Å². The van der Waals surface area contributed by atoms with Gasteiger partial charge in [-0.1, -0.05) is 70.1 Å². The topological polar surface area (TPSA) is 26.3 Å². The summed E-state index contributed by atoms with van der Waals surface area (Å²) in [6.07, 6.45) is 13.5. The highest BCUT2D eigenvalue weighted by molar-refractivity contribution is 6.66. The molecule has 0 spiro atoms. The monoisotopic (exact) mass is 322 g/mol. The van der Waals surface area contributed by atoms with Gasteiger partial charge < -0.3 is 4.74 Å². The van der Waals surface area contributed by atoms with E-state index in [1.165, 1.54) is 51.0 Å². The van der Waals surface area contributed by atoms with Crippen LogP contribution in [0.3, 0.4) is 0 Å². The summed E-state index contributed by atoms with van der Waals surface area (Å²) in [6, 6.07) is 7.67. The molecule has 0 aliphatic carbocycles. The van der Waals surface area contributed by atoms with Gasteiger partial charge in [0.05, 0.1) is 6.61 Å². The zero-order valence-corrected chi connectivity index (χ0v) is 14.3. The second kappa shape index (κ2) is 12.3. The standard InChI is InChI=1S/C19H27ClO2/c1-2-3-4-5-6-7-8-9-16-22-18-13-10-17(11-14-18)12-15-19(20)21/h10-15H,2-9,16H2,1H3/b15-12+. The Morgan fingerprint density at radius 2 is 1.59 bits per heavy atom. The van der Waals surface area contributed by atoms with E-state index in [0.717, 1.165) is 24.3 Å². The van der Waals surface area contributed by atoms with E-state index in [9.17, 15) is 4.79 Å². The molecule has 0 saturated heterocycles. The first-order valence-corrected chi connectivity index (χ1v) is 8.70. The Kier molecular flexibility index (Phi) is 10.5. The Hall–Kier alpha value is -1.28. The van der Waals surface area contributed by atoms with Gasteiger partial charge >= 0.3 is 0 Å². The highest BCUT2D eigenvalue weighted by atomic mass is 35.5. The molecule has 122 valence electrons. The van der Waals surface area contributed by atoms with Crippen LogP contribution in [-0.4, -0.2) is 11.8 Å². The molecule has 22 heavy (non-hydrogen) atoms. The molecule has 1 rings (SSSR count). The van der Waals surface area contributed by atoms with Crippen LogP contribution in [0.4, 0.5) is 0 Å². The molecule has 0 N–H and O–H groups in total. The van der Waals surface area contributed by atoms with E-state index in [2.05, 4.69) is 6.92 Å². The Bertz CT molecular complexity index is 437. The summed E-state index contributed by atoms with van der Waals surface area (Å²) in [4.78, 5) is 10.6. The van der Waals surface area contributed by atoms with Gasteiger partial charge in [-0.05, 0) is 41.8 Å². The highest BCUT2D eigenvalue weighted by Gasteiger charge is 1.96. The van der Waals surface area contributed by atoms with Gasteiger partial charge in [0, 0.05) is 0 Å². The minimum atomic E-state index is -0.463. The number of hydrogen-bond acceptors (Lipinski definition) is 2. The third-order valence-corrected chi connectivity index (χ3v) is 3.68. The summed E-state index contributed by atoms with van der Waals surface area (Å²) in [6.45, 7) is 3.02. The molecule has 3 heteroatoms. The molecule has 0 amide bonds. The lowest BCUT2D eigenvalue weighted by atomic mass is 10.1. The first-order chi connectivity index (χ1) is 10.7. The number of allylic oxidation sites excluding steroid dienone is 1. The molecule has 0 aromatic heterocycles. The van der Waals surface area contributed by atoms with Crippen molar-refractivity contribution in [2.75, 3.05) is 6.61 Å². The molecule has 0 saturated carbocycles. The van der Waals surface area contributed by atoms with Crippen molar-refractivity contribution in [3.63, 3.8) is 0 Å². The van der Waals surface area contributed by atoms with E-state index in [-0.39, 0.29) is 0 Å². The second-order valence-corrected chi connectivity index (χ2v) is 5.90. The third kappa shape index (κ3) is 9.62. The number of ether oxygens (including phenoxy) is 1. The number of rotatable bonds is 12. The van der Waals surface area contributed by atoms with Crippen LogP contribution in [0.15, 0.2) is 30.3 Å². The number of carbonyl (C=O) groups is 1.